The minimum Gasteiger partial charge on any atom is -0.314 e. The van der Waals surface area contributed by atoms with Crippen molar-refractivity contribution in [3.63, 3.8) is 0 Å². The molecule has 3 unspecified atom stereocenters. The molecular weight excluding hydrogens is 196 g/mol. The van der Waals surface area contributed by atoms with Crippen LogP contribution in [0.15, 0.2) is 0 Å². The van der Waals surface area contributed by atoms with Crippen molar-refractivity contribution in [2.24, 2.45) is 11.8 Å². The average Bonchev–Trinajstić information content (AvgIpc) is 2.83. The van der Waals surface area contributed by atoms with Crippen LogP contribution in [0.2, 0.25) is 0 Å². The molecule has 0 amide bonds. The summed E-state index contributed by atoms with van der Waals surface area (Å²) in [5, 5.41) is 7.57. The van der Waals surface area contributed by atoms with Crippen molar-refractivity contribution in [2.75, 3.05) is 13.1 Å². The van der Waals surface area contributed by atoms with Crippen LogP contribution >= 0.6 is 0 Å². The summed E-state index contributed by atoms with van der Waals surface area (Å²) >= 11 is 0. The van der Waals surface area contributed by atoms with Crippen LogP contribution in [0.5, 0.6) is 0 Å². The van der Waals surface area contributed by atoms with Gasteiger partial charge in [-0.1, -0.05) is 12.8 Å². The molecule has 2 heteroatoms. The third kappa shape index (κ3) is 2.28. The van der Waals surface area contributed by atoms with Crippen molar-refractivity contribution in [3.8, 4) is 0 Å². The zero-order valence-corrected chi connectivity index (χ0v) is 10.4. The first-order valence-corrected chi connectivity index (χ1v) is 7.40. The molecule has 2 nitrogen and oxygen atoms in total. The first-order chi connectivity index (χ1) is 7.93. The smallest absolute Gasteiger partial charge is 0.0111 e. The summed E-state index contributed by atoms with van der Waals surface area (Å²) < 4.78 is 0. The average molecular weight is 222 g/mol. The lowest BCUT2D eigenvalue weighted by Crippen LogP contribution is -2.44. The van der Waals surface area contributed by atoms with Gasteiger partial charge in [0.1, 0.15) is 0 Å². The molecule has 2 saturated carbocycles. The van der Waals surface area contributed by atoms with E-state index in [1.807, 2.05) is 0 Å². The van der Waals surface area contributed by atoms with Crippen molar-refractivity contribution < 1.29 is 0 Å². The van der Waals surface area contributed by atoms with E-state index < -0.39 is 0 Å². The fraction of sp³-hybridized carbons (Fsp3) is 1.00. The maximum atomic E-state index is 3.87. The van der Waals surface area contributed by atoms with Crippen LogP contribution in [0, 0.1) is 11.8 Å². The van der Waals surface area contributed by atoms with E-state index in [0.29, 0.717) is 0 Å². The van der Waals surface area contributed by atoms with Gasteiger partial charge in [0.2, 0.25) is 0 Å². The van der Waals surface area contributed by atoms with Gasteiger partial charge in [-0.3, -0.25) is 0 Å². The summed E-state index contributed by atoms with van der Waals surface area (Å²) in [7, 11) is 0. The van der Waals surface area contributed by atoms with E-state index in [1.54, 1.807) is 0 Å². The SMILES string of the molecule is C1CC(CNC2CCCC2C2CCCN2)C1. The predicted molar refractivity (Wildman–Crippen MR) is 67.5 cm³/mol. The Bertz CT molecular complexity index is 219. The van der Waals surface area contributed by atoms with Crippen LogP contribution in [0.3, 0.4) is 0 Å². The van der Waals surface area contributed by atoms with E-state index in [4.69, 9.17) is 0 Å². The fourth-order valence-corrected chi connectivity index (χ4v) is 3.82. The van der Waals surface area contributed by atoms with Gasteiger partial charge in [0.15, 0.2) is 0 Å². The summed E-state index contributed by atoms with van der Waals surface area (Å²) in [6.07, 6.45) is 11.6. The van der Waals surface area contributed by atoms with Gasteiger partial charge in [-0.05, 0) is 63.5 Å². The van der Waals surface area contributed by atoms with E-state index >= 15 is 0 Å². The van der Waals surface area contributed by atoms with Crippen molar-refractivity contribution in [1.29, 1.82) is 0 Å². The lowest BCUT2D eigenvalue weighted by molar-refractivity contribution is 0.258. The van der Waals surface area contributed by atoms with Crippen LogP contribution in [0.4, 0.5) is 0 Å². The van der Waals surface area contributed by atoms with Crippen molar-refractivity contribution in [1.82, 2.24) is 10.6 Å². The van der Waals surface area contributed by atoms with E-state index in [2.05, 4.69) is 10.6 Å². The Morgan fingerprint density at radius 3 is 2.50 bits per heavy atom. The lowest BCUT2D eigenvalue weighted by atomic mass is 9.85. The highest BCUT2D eigenvalue weighted by Gasteiger charge is 2.35. The van der Waals surface area contributed by atoms with E-state index in [9.17, 15) is 0 Å². The van der Waals surface area contributed by atoms with Gasteiger partial charge in [-0.2, -0.15) is 0 Å². The monoisotopic (exact) mass is 222 g/mol. The molecule has 0 aromatic rings. The lowest BCUT2D eigenvalue weighted by Gasteiger charge is -2.31. The molecule has 3 fully saturated rings. The van der Waals surface area contributed by atoms with Gasteiger partial charge in [0.25, 0.3) is 0 Å². The summed E-state index contributed by atoms with van der Waals surface area (Å²) in [6, 6.07) is 1.66. The van der Waals surface area contributed by atoms with Crippen molar-refractivity contribution >= 4 is 0 Å². The second kappa shape index (κ2) is 5.05. The van der Waals surface area contributed by atoms with Gasteiger partial charge in [-0.15, -0.1) is 0 Å². The fourth-order valence-electron chi connectivity index (χ4n) is 3.82. The van der Waals surface area contributed by atoms with Crippen molar-refractivity contribution in [2.45, 2.75) is 63.5 Å². The van der Waals surface area contributed by atoms with Gasteiger partial charge >= 0.3 is 0 Å². The van der Waals surface area contributed by atoms with Crippen LogP contribution in [-0.2, 0) is 0 Å². The highest BCUT2D eigenvalue weighted by atomic mass is 15.0. The Kier molecular flexibility index (Phi) is 3.49. The Labute approximate surface area is 99.6 Å². The normalized spacial score (nSPS) is 40.1. The molecular formula is C14H26N2. The summed E-state index contributed by atoms with van der Waals surface area (Å²) in [5.41, 5.74) is 0. The van der Waals surface area contributed by atoms with Gasteiger partial charge in [-0.25, -0.2) is 0 Å². The summed E-state index contributed by atoms with van der Waals surface area (Å²) in [5.74, 6) is 1.94. The summed E-state index contributed by atoms with van der Waals surface area (Å²) in [6.45, 7) is 2.56. The third-order valence-electron chi connectivity index (χ3n) is 5.08. The second-order valence-electron chi connectivity index (χ2n) is 6.11. The number of hydrogen-bond donors (Lipinski definition) is 2. The molecule has 3 rings (SSSR count). The summed E-state index contributed by atoms with van der Waals surface area (Å²) in [4.78, 5) is 0. The largest absolute Gasteiger partial charge is 0.314 e. The van der Waals surface area contributed by atoms with Crippen LogP contribution < -0.4 is 10.6 Å². The van der Waals surface area contributed by atoms with Crippen LogP contribution in [-0.4, -0.2) is 25.2 Å². The highest BCUT2D eigenvalue weighted by Crippen LogP contribution is 2.33. The maximum absolute atomic E-state index is 3.87. The molecule has 16 heavy (non-hydrogen) atoms. The molecule has 0 spiro atoms. The third-order valence-corrected chi connectivity index (χ3v) is 5.08. The number of hydrogen-bond acceptors (Lipinski definition) is 2. The molecule has 3 aliphatic rings. The van der Waals surface area contributed by atoms with Crippen molar-refractivity contribution in [3.05, 3.63) is 0 Å². The molecule has 92 valence electrons. The maximum Gasteiger partial charge on any atom is 0.0111 e. The molecule has 0 radical (unpaired) electrons. The van der Waals surface area contributed by atoms with E-state index in [1.165, 1.54) is 64.5 Å². The van der Waals surface area contributed by atoms with Gasteiger partial charge < -0.3 is 10.6 Å². The molecule has 1 saturated heterocycles. The molecule has 2 aliphatic carbocycles. The Morgan fingerprint density at radius 1 is 0.938 bits per heavy atom. The second-order valence-corrected chi connectivity index (χ2v) is 6.11. The quantitative estimate of drug-likeness (QED) is 0.762. The standard InChI is InChI=1S/C14H26N2/c1-4-11(5-1)10-16-14-7-2-6-12(14)13-8-3-9-15-13/h11-16H,1-10H2. The molecule has 1 heterocycles. The van der Waals surface area contributed by atoms with E-state index in [0.717, 1.165) is 23.9 Å². The predicted octanol–water partition coefficient (Wildman–Crippen LogP) is 2.30. The minimum atomic E-state index is 0.830. The van der Waals surface area contributed by atoms with Gasteiger partial charge in [0.05, 0.1) is 0 Å². The first kappa shape index (κ1) is 11.0. The minimum absolute atomic E-state index is 0.830. The zero-order chi connectivity index (χ0) is 10.8. The zero-order valence-electron chi connectivity index (χ0n) is 10.4. The first-order valence-electron chi connectivity index (χ1n) is 7.40. The molecule has 0 bridgehead atoms. The van der Waals surface area contributed by atoms with Crippen LogP contribution in [0.1, 0.15) is 51.4 Å². The molecule has 1 aliphatic heterocycles. The van der Waals surface area contributed by atoms with Crippen LogP contribution in [0.25, 0.3) is 0 Å². The van der Waals surface area contributed by atoms with Gasteiger partial charge in [0, 0.05) is 12.1 Å². The van der Waals surface area contributed by atoms with E-state index in [-0.39, 0.29) is 0 Å². The topological polar surface area (TPSA) is 24.1 Å². The number of rotatable bonds is 4. The molecule has 0 aromatic heterocycles. The Morgan fingerprint density at radius 2 is 1.81 bits per heavy atom. The molecule has 3 atom stereocenters. The molecule has 0 aromatic carbocycles. The highest BCUT2D eigenvalue weighted by molar-refractivity contribution is 4.93. The number of nitrogens with one attached hydrogen (secondary N) is 2. The Hall–Kier alpha value is -0.0800. The molecule has 2 N–H and O–H groups in total. The Balaban J connectivity index is 1.48.